The number of benzene rings is 1. The normalized spacial score (nSPS) is 16.2. The number of quaternary nitrogens is 1. The van der Waals surface area contributed by atoms with Crippen LogP contribution >= 0.6 is 0 Å². The van der Waals surface area contributed by atoms with E-state index in [9.17, 15) is 9.59 Å². The molecule has 0 aliphatic carbocycles. The van der Waals surface area contributed by atoms with Gasteiger partial charge in [0.2, 0.25) is 0 Å². The van der Waals surface area contributed by atoms with Crippen molar-refractivity contribution in [2.24, 2.45) is 0 Å². The summed E-state index contributed by atoms with van der Waals surface area (Å²) in [5, 5.41) is 5.42. The van der Waals surface area contributed by atoms with Gasteiger partial charge in [0.1, 0.15) is 19.1 Å². The summed E-state index contributed by atoms with van der Waals surface area (Å²) in [4.78, 5) is 27.3. The number of carbonyl (C=O) groups excluding carboxylic acids is 2. The summed E-state index contributed by atoms with van der Waals surface area (Å²) in [6.45, 7) is 7.27. The van der Waals surface area contributed by atoms with Gasteiger partial charge in [0, 0.05) is 31.4 Å². The van der Waals surface area contributed by atoms with Gasteiger partial charge in [0.25, 0.3) is 0 Å². The number of hydrogen-bond donors (Lipinski definition) is 3. The number of nitrogens with zero attached hydrogens (tertiary/aromatic N) is 1. The molecule has 2 rings (SSSR count). The van der Waals surface area contributed by atoms with Crippen molar-refractivity contribution in [3.05, 3.63) is 29.8 Å². The number of anilines is 1. The maximum absolute atomic E-state index is 12.1. The van der Waals surface area contributed by atoms with Crippen molar-refractivity contribution in [1.29, 1.82) is 0 Å². The van der Waals surface area contributed by atoms with Crippen molar-refractivity contribution < 1.29 is 19.2 Å². The number of ether oxygens (including phenoxy) is 1. The highest BCUT2D eigenvalue weighted by molar-refractivity contribution is 6.35. The van der Waals surface area contributed by atoms with Crippen molar-refractivity contribution in [1.82, 2.24) is 10.6 Å². The SMILES string of the molecule is CC(C)NC(=O)C(=O)NC[C@H](c1ccc(N(C)C)cc1)[NH+]1CCOCC1. The number of carbonyl (C=O) groups is 2. The molecule has 0 unspecified atom stereocenters. The fourth-order valence-corrected chi connectivity index (χ4v) is 3.09. The van der Waals surface area contributed by atoms with Crippen LogP contribution in [0.4, 0.5) is 5.69 Å². The van der Waals surface area contributed by atoms with E-state index in [4.69, 9.17) is 4.74 Å². The summed E-state index contributed by atoms with van der Waals surface area (Å²) in [5.74, 6) is -1.17. The molecule has 0 bridgehead atoms. The van der Waals surface area contributed by atoms with Gasteiger partial charge in [-0.05, 0) is 26.0 Å². The minimum absolute atomic E-state index is 0.0625. The van der Waals surface area contributed by atoms with Crippen molar-refractivity contribution in [3.63, 3.8) is 0 Å². The van der Waals surface area contributed by atoms with Crippen LogP contribution in [0.3, 0.4) is 0 Å². The molecule has 7 nitrogen and oxygen atoms in total. The summed E-state index contributed by atoms with van der Waals surface area (Å²) in [6, 6.07) is 8.38. The molecule has 1 aliphatic heterocycles. The Morgan fingerprint density at radius 3 is 2.27 bits per heavy atom. The van der Waals surface area contributed by atoms with Crippen LogP contribution in [-0.2, 0) is 14.3 Å². The highest BCUT2D eigenvalue weighted by Gasteiger charge is 2.28. The second kappa shape index (κ2) is 9.54. The van der Waals surface area contributed by atoms with Crippen LogP contribution in [0.25, 0.3) is 0 Å². The minimum atomic E-state index is -0.585. The molecule has 0 aromatic heterocycles. The zero-order chi connectivity index (χ0) is 19.1. The van der Waals surface area contributed by atoms with Crippen molar-refractivity contribution in [2.45, 2.75) is 25.9 Å². The van der Waals surface area contributed by atoms with Gasteiger partial charge in [-0.3, -0.25) is 9.59 Å². The molecule has 1 heterocycles. The maximum Gasteiger partial charge on any atom is 0.309 e. The van der Waals surface area contributed by atoms with Gasteiger partial charge in [0.15, 0.2) is 0 Å². The van der Waals surface area contributed by atoms with Crippen LogP contribution < -0.4 is 20.4 Å². The van der Waals surface area contributed by atoms with Gasteiger partial charge in [-0.15, -0.1) is 0 Å². The molecule has 1 fully saturated rings. The summed E-state index contributed by atoms with van der Waals surface area (Å²) in [5.41, 5.74) is 2.28. The predicted molar refractivity (Wildman–Crippen MR) is 101 cm³/mol. The van der Waals surface area contributed by atoms with E-state index in [2.05, 4.69) is 39.8 Å². The molecular weight excluding hydrogens is 332 g/mol. The monoisotopic (exact) mass is 363 g/mol. The van der Waals surface area contributed by atoms with Gasteiger partial charge in [0.05, 0.1) is 19.8 Å². The molecule has 0 saturated carbocycles. The molecule has 1 aliphatic rings. The first-order chi connectivity index (χ1) is 12.4. The smallest absolute Gasteiger partial charge is 0.309 e. The third-order valence-corrected chi connectivity index (χ3v) is 4.53. The largest absolute Gasteiger partial charge is 0.378 e. The standard InChI is InChI=1S/C19H30N4O3/c1-14(2)21-19(25)18(24)20-13-17(23-9-11-26-12-10-23)15-5-7-16(8-6-15)22(3)4/h5-8,14,17H,9-13H2,1-4H3,(H,20,24)(H,21,25)/p+1/t17-/m1/s1. The second-order valence-electron chi connectivity index (χ2n) is 7.15. The first-order valence-electron chi connectivity index (χ1n) is 9.16. The fourth-order valence-electron chi connectivity index (χ4n) is 3.09. The van der Waals surface area contributed by atoms with Gasteiger partial charge in [-0.25, -0.2) is 0 Å². The van der Waals surface area contributed by atoms with E-state index in [1.54, 1.807) is 0 Å². The predicted octanol–water partition coefficient (Wildman–Crippen LogP) is -0.650. The van der Waals surface area contributed by atoms with Crippen LogP contribution in [0.1, 0.15) is 25.5 Å². The lowest BCUT2D eigenvalue weighted by Crippen LogP contribution is -3.15. The Morgan fingerprint density at radius 2 is 1.73 bits per heavy atom. The van der Waals surface area contributed by atoms with Gasteiger partial charge < -0.3 is 25.2 Å². The average molecular weight is 363 g/mol. The lowest BCUT2D eigenvalue weighted by Gasteiger charge is -2.32. The molecule has 1 aromatic rings. The van der Waals surface area contributed by atoms with Crippen molar-refractivity contribution >= 4 is 17.5 Å². The minimum Gasteiger partial charge on any atom is -0.378 e. The van der Waals surface area contributed by atoms with Crippen LogP contribution in [-0.4, -0.2) is 64.8 Å². The fraction of sp³-hybridized carbons (Fsp3) is 0.579. The Labute approximate surface area is 155 Å². The summed E-state index contributed by atoms with van der Waals surface area (Å²) in [7, 11) is 4.01. The van der Waals surface area contributed by atoms with Crippen molar-refractivity contribution in [2.75, 3.05) is 51.8 Å². The van der Waals surface area contributed by atoms with E-state index in [1.165, 1.54) is 4.90 Å². The first kappa shape index (κ1) is 20.2. The van der Waals surface area contributed by atoms with E-state index in [0.717, 1.165) is 24.3 Å². The van der Waals surface area contributed by atoms with Crippen LogP contribution in [0.15, 0.2) is 24.3 Å². The van der Waals surface area contributed by atoms with E-state index < -0.39 is 11.8 Å². The molecular formula is C19H31N4O3+. The quantitative estimate of drug-likeness (QED) is 0.587. The molecule has 26 heavy (non-hydrogen) atoms. The lowest BCUT2D eigenvalue weighted by atomic mass is 10.0. The third kappa shape index (κ3) is 5.71. The molecule has 0 spiro atoms. The number of nitrogens with one attached hydrogen (secondary N) is 3. The second-order valence-corrected chi connectivity index (χ2v) is 7.15. The Bertz CT molecular complexity index is 595. The topological polar surface area (TPSA) is 75.1 Å². The highest BCUT2D eigenvalue weighted by atomic mass is 16.5. The number of morpholine rings is 1. The van der Waals surface area contributed by atoms with Crippen molar-refractivity contribution in [3.8, 4) is 0 Å². The maximum atomic E-state index is 12.1. The number of rotatable bonds is 6. The Morgan fingerprint density at radius 1 is 1.12 bits per heavy atom. The summed E-state index contributed by atoms with van der Waals surface area (Å²) in [6.07, 6.45) is 0. The summed E-state index contributed by atoms with van der Waals surface area (Å²) < 4.78 is 5.46. The average Bonchev–Trinajstić information content (AvgIpc) is 2.62. The molecule has 1 atom stereocenters. The first-order valence-corrected chi connectivity index (χ1v) is 9.16. The Hall–Kier alpha value is -2.12. The van der Waals surface area contributed by atoms with Gasteiger partial charge >= 0.3 is 11.8 Å². The summed E-state index contributed by atoms with van der Waals surface area (Å²) >= 11 is 0. The molecule has 144 valence electrons. The Kier molecular flexibility index (Phi) is 7.41. The molecule has 7 heteroatoms. The molecule has 3 N–H and O–H groups in total. The molecule has 1 aromatic carbocycles. The molecule has 0 radical (unpaired) electrons. The number of amides is 2. The number of hydrogen-bond acceptors (Lipinski definition) is 4. The lowest BCUT2D eigenvalue weighted by molar-refractivity contribution is -0.937. The molecule has 1 saturated heterocycles. The third-order valence-electron chi connectivity index (χ3n) is 4.53. The van der Waals surface area contributed by atoms with E-state index >= 15 is 0 Å². The van der Waals surface area contributed by atoms with E-state index in [1.807, 2.05) is 27.9 Å². The zero-order valence-corrected chi connectivity index (χ0v) is 16.2. The van der Waals surface area contributed by atoms with Gasteiger partial charge in [-0.1, -0.05) is 12.1 Å². The van der Waals surface area contributed by atoms with Gasteiger partial charge in [-0.2, -0.15) is 0 Å². The molecule has 2 amide bonds. The van der Waals surface area contributed by atoms with Crippen LogP contribution in [0.5, 0.6) is 0 Å². The Balaban J connectivity index is 2.08. The van der Waals surface area contributed by atoms with Crippen LogP contribution in [0.2, 0.25) is 0 Å². The highest BCUT2D eigenvalue weighted by Crippen LogP contribution is 2.16. The zero-order valence-electron chi connectivity index (χ0n) is 16.2. The van der Waals surface area contributed by atoms with Crippen LogP contribution in [0, 0.1) is 0 Å². The van der Waals surface area contributed by atoms with E-state index in [-0.39, 0.29) is 12.1 Å². The van der Waals surface area contributed by atoms with E-state index in [0.29, 0.717) is 19.8 Å².